The molecule has 4 rings (SSSR count). The number of amides is 1. The van der Waals surface area contributed by atoms with E-state index in [4.69, 9.17) is 15.2 Å². The number of carbonyl (C=O) groups excluding carboxylic acids is 1. The molecule has 0 radical (unpaired) electrons. The van der Waals surface area contributed by atoms with Crippen molar-refractivity contribution in [1.82, 2.24) is 5.32 Å². The number of hydrogen-bond donors (Lipinski definition) is 2. The highest BCUT2D eigenvalue weighted by Crippen LogP contribution is 2.37. The second-order valence-corrected chi connectivity index (χ2v) is 8.21. The number of aryl methyl sites for hydroxylation is 1. The maximum Gasteiger partial charge on any atom is 0.236 e. The van der Waals surface area contributed by atoms with Crippen LogP contribution in [0.2, 0.25) is 0 Å². The van der Waals surface area contributed by atoms with Crippen molar-refractivity contribution in [1.29, 1.82) is 0 Å². The van der Waals surface area contributed by atoms with Crippen LogP contribution in [-0.4, -0.2) is 24.1 Å². The van der Waals surface area contributed by atoms with Crippen LogP contribution >= 0.6 is 0 Å². The number of hydrogen-bond acceptors (Lipinski definition) is 4. The number of rotatable bonds is 5. The predicted octanol–water partition coefficient (Wildman–Crippen LogP) is 3.91. The topological polar surface area (TPSA) is 73.6 Å². The molecule has 29 heavy (non-hydrogen) atoms. The molecule has 1 amide bonds. The van der Waals surface area contributed by atoms with Crippen LogP contribution in [0, 0.1) is 0 Å². The van der Waals surface area contributed by atoms with E-state index in [0.29, 0.717) is 0 Å². The highest BCUT2D eigenvalue weighted by molar-refractivity contribution is 5.81. The van der Waals surface area contributed by atoms with Gasteiger partial charge in [-0.15, -0.1) is 0 Å². The number of nitrogens with one attached hydrogen (secondary N) is 1. The van der Waals surface area contributed by atoms with E-state index >= 15 is 0 Å². The van der Waals surface area contributed by atoms with Crippen LogP contribution in [-0.2, 0) is 11.2 Å². The maximum atomic E-state index is 11.8. The summed E-state index contributed by atoms with van der Waals surface area (Å²) in [6.07, 6.45) is 6.01. The van der Waals surface area contributed by atoms with E-state index in [0.717, 1.165) is 50.0 Å². The van der Waals surface area contributed by atoms with Crippen LogP contribution in [0.25, 0.3) is 0 Å². The Kier molecular flexibility index (Phi) is 6.05. The number of benzene rings is 2. The van der Waals surface area contributed by atoms with Crippen molar-refractivity contribution < 1.29 is 14.3 Å². The Hall–Kier alpha value is -2.53. The fraction of sp³-hybridized carbons (Fsp3) is 0.458. The van der Waals surface area contributed by atoms with Crippen molar-refractivity contribution in [2.24, 2.45) is 5.73 Å². The van der Waals surface area contributed by atoms with E-state index in [1.165, 1.54) is 11.1 Å². The molecule has 2 aromatic carbocycles. The summed E-state index contributed by atoms with van der Waals surface area (Å²) in [5.41, 5.74) is 8.08. The third kappa shape index (κ3) is 4.91. The SMILES string of the molecule is CC(N)C(=O)NC1CCC(Oc2ccc3c(c2)CCC(c2ccccc2)O3)CC1. The zero-order valence-corrected chi connectivity index (χ0v) is 17.0. The van der Waals surface area contributed by atoms with Crippen molar-refractivity contribution in [3.05, 3.63) is 59.7 Å². The van der Waals surface area contributed by atoms with E-state index in [-0.39, 0.29) is 24.2 Å². The molecule has 5 heteroatoms. The van der Waals surface area contributed by atoms with Crippen LogP contribution in [0.15, 0.2) is 48.5 Å². The van der Waals surface area contributed by atoms with Gasteiger partial charge < -0.3 is 20.5 Å². The van der Waals surface area contributed by atoms with Gasteiger partial charge in [0, 0.05) is 6.04 Å². The normalized spacial score (nSPS) is 24.7. The van der Waals surface area contributed by atoms with Crippen LogP contribution in [0.4, 0.5) is 0 Å². The lowest BCUT2D eigenvalue weighted by atomic mass is 9.92. The first kappa shape index (κ1) is 19.8. The first-order valence-corrected chi connectivity index (χ1v) is 10.7. The molecule has 2 aromatic rings. The van der Waals surface area contributed by atoms with Crippen LogP contribution in [0.3, 0.4) is 0 Å². The largest absolute Gasteiger partial charge is 0.490 e. The summed E-state index contributed by atoms with van der Waals surface area (Å²) in [4.78, 5) is 11.8. The van der Waals surface area contributed by atoms with Crippen molar-refractivity contribution in [2.75, 3.05) is 0 Å². The fourth-order valence-electron chi connectivity index (χ4n) is 4.19. The molecule has 3 N–H and O–H groups in total. The van der Waals surface area contributed by atoms with Gasteiger partial charge in [-0.05, 0) is 74.8 Å². The lowest BCUT2D eigenvalue weighted by Crippen LogP contribution is -2.46. The first-order chi connectivity index (χ1) is 14.1. The van der Waals surface area contributed by atoms with Gasteiger partial charge in [0.05, 0.1) is 12.1 Å². The minimum Gasteiger partial charge on any atom is -0.490 e. The summed E-state index contributed by atoms with van der Waals surface area (Å²) in [6.45, 7) is 1.71. The molecule has 0 aromatic heterocycles. The Labute approximate surface area is 172 Å². The van der Waals surface area contributed by atoms with Crippen LogP contribution < -0.4 is 20.5 Å². The molecule has 0 bridgehead atoms. The zero-order valence-electron chi connectivity index (χ0n) is 17.0. The standard InChI is InChI=1S/C24H30N2O3/c1-16(25)24(27)26-19-8-10-20(11-9-19)28-21-12-14-23-18(15-21)7-13-22(29-23)17-5-3-2-4-6-17/h2-6,12,14-16,19-20,22H,7-11,13,25H2,1H3,(H,26,27). The Morgan fingerprint density at radius 3 is 2.59 bits per heavy atom. The van der Waals surface area contributed by atoms with Gasteiger partial charge in [-0.1, -0.05) is 30.3 Å². The van der Waals surface area contributed by atoms with Crippen LogP contribution in [0.5, 0.6) is 11.5 Å². The number of ether oxygens (including phenoxy) is 2. The van der Waals surface area contributed by atoms with E-state index in [1.54, 1.807) is 6.92 Å². The van der Waals surface area contributed by atoms with Gasteiger partial charge >= 0.3 is 0 Å². The van der Waals surface area contributed by atoms with Crippen molar-refractivity contribution in [2.45, 2.75) is 69.7 Å². The third-order valence-electron chi connectivity index (χ3n) is 5.89. The molecule has 1 aliphatic heterocycles. The minimum atomic E-state index is -0.455. The van der Waals surface area contributed by atoms with Gasteiger partial charge in [0.2, 0.25) is 5.91 Å². The summed E-state index contributed by atoms with van der Waals surface area (Å²) in [7, 11) is 0. The summed E-state index contributed by atoms with van der Waals surface area (Å²) in [5, 5.41) is 3.03. The molecule has 154 valence electrons. The van der Waals surface area contributed by atoms with Crippen LogP contribution in [0.1, 0.15) is 56.3 Å². The quantitative estimate of drug-likeness (QED) is 0.806. The second kappa shape index (κ2) is 8.87. The van der Waals surface area contributed by atoms with Gasteiger partial charge in [-0.3, -0.25) is 4.79 Å². The number of carbonyl (C=O) groups is 1. The van der Waals surface area contributed by atoms with E-state index in [9.17, 15) is 4.79 Å². The molecule has 0 spiro atoms. The molecule has 1 heterocycles. The lowest BCUT2D eigenvalue weighted by Gasteiger charge is -2.31. The second-order valence-electron chi connectivity index (χ2n) is 8.21. The van der Waals surface area contributed by atoms with Gasteiger partial charge in [0.15, 0.2) is 0 Å². The smallest absolute Gasteiger partial charge is 0.236 e. The zero-order chi connectivity index (χ0) is 20.2. The van der Waals surface area contributed by atoms with Crippen molar-refractivity contribution in [3.8, 4) is 11.5 Å². The first-order valence-electron chi connectivity index (χ1n) is 10.7. The molecule has 2 unspecified atom stereocenters. The summed E-state index contributed by atoms with van der Waals surface area (Å²) in [6, 6.07) is 16.3. The molecule has 1 aliphatic carbocycles. The van der Waals surface area contributed by atoms with E-state index in [2.05, 4.69) is 35.6 Å². The van der Waals surface area contributed by atoms with E-state index < -0.39 is 6.04 Å². The monoisotopic (exact) mass is 394 g/mol. The van der Waals surface area contributed by atoms with Gasteiger partial charge in [-0.2, -0.15) is 0 Å². The molecule has 5 nitrogen and oxygen atoms in total. The molecule has 1 fully saturated rings. The summed E-state index contributed by atoms with van der Waals surface area (Å²) in [5.74, 6) is 1.80. The Morgan fingerprint density at radius 1 is 1.10 bits per heavy atom. The van der Waals surface area contributed by atoms with Crippen molar-refractivity contribution >= 4 is 5.91 Å². The molecular formula is C24H30N2O3. The fourth-order valence-corrected chi connectivity index (χ4v) is 4.19. The van der Waals surface area contributed by atoms with Gasteiger partial charge in [0.1, 0.15) is 17.6 Å². The van der Waals surface area contributed by atoms with E-state index in [1.807, 2.05) is 18.2 Å². The Balaban J connectivity index is 1.31. The predicted molar refractivity (Wildman–Crippen MR) is 113 cm³/mol. The average Bonchev–Trinajstić information content (AvgIpc) is 2.75. The molecule has 2 aliphatic rings. The lowest BCUT2D eigenvalue weighted by molar-refractivity contribution is -0.123. The van der Waals surface area contributed by atoms with Crippen molar-refractivity contribution in [3.63, 3.8) is 0 Å². The maximum absolute atomic E-state index is 11.8. The van der Waals surface area contributed by atoms with Gasteiger partial charge in [0.25, 0.3) is 0 Å². The molecule has 0 saturated heterocycles. The molecule has 1 saturated carbocycles. The molecular weight excluding hydrogens is 364 g/mol. The Bertz CT molecular complexity index is 829. The summed E-state index contributed by atoms with van der Waals surface area (Å²) >= 11 is 0. The highest BCUT2D eigenvalue weighted by atomic mass is 16.5. The summed E-state index contributed by atoms with van der Waals surface area (Å²) < 4.78 is 12.5. The average molecular weight is 395 g/mol. The Morgan fingerprint density at radius 2 is 1.86 bits per heavy atom. The minimum absolute atomic E-state index is 0.0714. The third-order valence-corrected chi connectivity index (χ3v) is 5.89. The highest BCUT2D eigenvalue weighted by Gasteiger charge is 2.25. The molecule has 2 atom stereocenters. The van der Waals surface area contributed by atoms with Gasteiger partial charge in [-0.25, -0.2) is 0 Å². The number of nitrogens with two attached hydrogens (primary N) is 1. The number of fused-ring (bicyclic) bond motifs is 1.